The Kier molecular flexibility index (Phi) is 44.2. The molecule has 0 aliphatic carbocycles. The summed E-state index contributed by atoms with van der Waals surface area (Å²) >= 11 is 0. The van der Waals surface area contributed by atoms with E-state index in [0.717, 1.165) is 70.6 Å². The molecule has 0 aliphatic heterocycles. The Labute approximate surface area is 342 Å². The highest BCUT2D eigenvalue weighted by molar-refractivity contribution is 5.76. The number of rotatable bonds is 45. The van der Waals surface area contributed by atoms with Crippen molar-refractivity contribution in [1.29, 1.82) is 0 Å². The Morgan fingerprint density at radius 3 is 1.33 bits per heavy atom. The van der Waals surface area contributed by atoms with Crippen molar-refractivity contribution in [3.05, 3.63) is 12.2 Å². The van der Waals surface area contributed by atoms with Gasteiger partial charge in [0.1, 0.15) is 0 Å². The first-order valence-corrected chi connectivity index (χ1v) is 24.4. The van der Waals surface area contributed by atoms with Crippen molar-refractivity contribution in [3.63, 3.8) is 0 Å². The summed E-state index contributed by atoms with van der Waals surface area (Å²) in [5.41, 5.74) is 0. The zero-order chi connectivity index (χ0) is 40.1. The van der Waals surface area contributed by atoms with Gasteiger partial charge in [-0.1, -0.05) is 219 Å². The maximum absolute atomic E-state index is 12.4. The van der Waals surface area contributed by atoms with Crippen LogP contribution in [0.5, 0.6) is 0 Å². The summed E-state index contributed by atoms with van der Waals surface area (Å²) in [5, 5.41) is 23.1. The minimum Gasteiger partial charge on any atom is -0.466 e. The van der Waals surface area contributed by atoms with E-state index in [1.54, 1.807) is 0 Å². The highest BCUT2D eigenvalue weighted by Crippen LogP contribution is 2.16. The molecule has 326 valence electrons. The lowest BCUT2D eigenvalue weighted by Crippen LogP contribution is -2.45. The van der Waals surface area contributed by atoms with Crippen molar-refractivity contribution < 1.29 is 24.5 Å². The van der Waals surface area contributed by atoms with E-state index in [1.165, 1.54) is 161 Å². The molecule has 0 spiro atoms. The summed E-state index contributed by atoms with van der Waals surface area (Å²) < 4.78 is 5.43. The van der Waals surface area contributed by atoms with Crippen molar-refractivity contribution in [1.82, 2.24) is 5.32 Å². The molecule has 0 aromatic carbocycles. The SMILES string of the molecule is CCCCCCCCCCCCCCCCCCC(O)C(CO)NC(=O)CCC/C=C\CCCCCCOC(=O)CCCCCCCCCCCCCCC. The number of carbonyl (C=O) groups excluding carboxylic acids is 2. The van der Waals surface area contributed by atoms with Gasteiger partial charge < -0.3 is 20.3 Å². The number of carbonyl (C=O) groups is 2. The van der Waals surface area contributed by atoms with E-state index in [-0.39, 0.29) is 18.5 Å². The van der Waals surface area contributed by atoms with Crippen LogP contribution < -0.4 is 5.32 Å². The van der Waals surface area contributed by atoms with Gasteiger partial charge in [-0.15, -0.1) is 0 Å². The van der Waals surface area contributed by atoms with E-state index in [1.807, 2.05) is 0 Å². The third kappa shape index (κ3) is 42.0. The normalized spacial score (nSPS) is 12.7. The molecule has 0 aliphatic rings. The third-order valence-corrected chi connectivity index (χ3v) is 11.3. The van der Waals surface area contributed by atoms with Gasteiger partial charge in [0.05, 0.1) is 25.4 Å². The Morgan fingerprint density at radius 1 is 0.491 bits per heavy atom. The van der Waals surface area contributed by atoms with Gasteiger partial charge in [-0.25, -0.2) is 0 Å². The number of amides is 1. The van der Waals surface area contributed by atoms with Crippen molar-refractivity contribution >= 4 is 11.9 Å². The number of ether oxygens (including phenoxy) is 1. The first kappa shape index (κ1) is 53.6. The van der Waals surface area contributed by atoms with E-state index in [0.29, 0.717) is 25.9 Å². The number of hydrogen-bond acceptors (Lipinski definition) is 5. The first-order valence-electron chi connectivity index (χ1n) is 24.4. The number of unbranched alkanes of at least 4 members (excludes halogenated alkanes) is 32. The average Bonchev–Trinajstić information content (AvgIpc) is 3.18. The van der Waals surface area contributed by atoms with Gasteiger partial charge in [0.25, 0.3) is 0 Å². The molecular weight excluding hydrogens is 683 g/mol. The van der Waals surface area contributed by atoms with Crippen LogP contribution in [0.25, 0.3) is 0 Å². The molecule has 0 fully saturated rings. The van der Waals surface area contributed by atoms with Crippen molar-refractivity contribution in [2.24, 2.45) is 0 Å². The first-order chi connectivity index (χ1) is 27.0. The summed E-state index contributed by atoms with van der Waals surface area (Å²) in [6.07, 6.45) is 50.4. The fourth-order valence-corrected chi connectivity index (χ4v) is 7.52. The summed E-state index contributed by atoms with van der Waals surface area (Å²) in [5.74, 6) is -0.128. The van der Waals surface area contributed by atoms with Crippen LogP contribution in [0.4, 0.5) is 0 Å². The van der Waals surface area contributed by atoms with Gasteiger partial charge >= 0.3 is 5.97 Å². The minimum absolute atomic E-state index is 0.0340. The molecular formula is C49H95NO5. The molecule has 1 amide bonds. The molecule has 0 heterocycles. The lowest BCUT2D eigenvalue weighted by atomic mass is 10.0. The quantitative estimate of drug-likeness (QED) is 0.0325. The maximum Gasteiger partial charge on any atom is 0.305 e. The van der Waals surface area contributed by atoms with Crippen LogP contribution in [0.1, 0.15) is 264 Å². The maximum atomic E-state index is 12.4. The Morgan fingerprint density at radius 2 is 0.873 bits per heavy atom. The monoisotopic (exact) mass is 778 g/mol. The minimum atomic E-state index is -0.693. The van der Waals surface area contributed by atoms with Crippen LogP contribution in [-0.4, -0.2) is 47.4 Å². The van der Waals surface area contributed by atoms with E-state index in [4.69, 9.17) is 4.74 Å². The molecule has 6 heteroatoms. The van der Waals surface area contributed by atoms with Gasteiger partial charge in [-0.3, -0.25) is 9.59 Å². The number of aliphatic hydroxyl groups is 2. The van der Waals surface area contributed by atoms with Gasteiger partial charge in [0, 0.05) is 12.8 Å². The van der Waals surface area contributed by atoms with E-state index in [2.05, 4.69) is 31.3 Å². The lowest BCUT2D eigenvalue weighted by molar-refractivity contribution is -0.143. The van der Waals surface area contributed by atoms with Gasteiger partial charge in [-0.05, 0) is 44.9 Å². The summed E-state index contributed by atoms with van der Waals surface area (Å²) in [7, 11) is 0. The van der Waals surface area contributed by atoms with E-state index >= 15 is 0 Å². The summed E-state index contributed by atoms with van der Waals surface area (Å²) in [6.45, 7) is 4.87. The zero-order valence-electron chi connectivity index (χ0n) is 36.9. The fraction of sp³-hybridized carbons (Fsp3) is 0.918. The van der Waals surface area contributed by atoms with Crippen molar-refractivity contribution in [2.45, 2.75) is 276 Å². The van der Waals surface area contributed by atoms with E-state index in [9.17, 15) is 19.8 Å². The van der Waals surface area contributed by atoms with Crippen LogP contribution in [-0.2, 0) is 14.3 Å². The van der Waals surface area contributed by atoms with Gasteiger partial charge in [0.15, 0.2) is 0 Å². The number of allylic oxidation sites excluding steroid dienone is 2. The molecule has 0 aromatic heterocycles. The fourth-order valence-electron chi connectivity index (χ4n) is 7.52. The zero-order valence-corrected chi connectivity index (χ0v) is 36.9. The van der Waals surface area contributed by atoms with Crippen molar-refractivity contribution in [2.75, 3.05) is 13.2 Å². The molecule has 0 rings (SSSR count). The highest BCUT2D eigenvalue weighted by Gasteiger charge is 2.20. The second-order valence-electron chi connectivity index (χ2n) is 16.8. The number of aliphatic hydroxyl groups excluding tert-OH is 2. The standard InChI is InChI=1S/C49H95NO5/c1-3-5-7-9-11-13-15-17-18-19-21-22-25-29-33-37-41-47(52)46(45-51)50-48(53)42-38-34-30-26-24-28-32-36-40-44-55-49(54)43-39-35-31-27-23-20-16-14-12-10-8-6-4-2/h26,30,46-47,51-52H,3-25,27-29,31-45H2,1-2H3,(H,50,53)/b30-26-. The number of esters is 1. The summed E-state index contributed by atoms with van der Waals surface area (Å²) in [4.78, 5) is 24.4. The average molecular weight is 778 g/mol. The molecule has 0 aromatic rings. The van der Waals surface area contributed by atoms with Crippen LogP contribution in [0.15, 0.2) is 12.2 Å². The molecule has 0 bridgehead atoms. The molecule has 6 nitrogen and oxygen atoms in total. The lowest BCUT2D eigenvalue weighted by Gasteiger charge is -2.22. The van der Waals surface area contributed by atoms with Crippen LogP contribution in [0.3, 0.4) is 0 Å². The Balaban J connectivity index is 3.54. The van der Waals surface area contributed by atoms with Gasteiger partial charge in [-0.2, -0.15) is 0 Å². The molecule has 55 heavy (non-hydrogen) atoms. The molecule has 2 atom stereocenters. The Hall–Kier alpha value is -1.40. The van der Waals surface area contributed by atoms with E-state index < -0.39 is 12.1 Å². The molecule has 0 saturated heterocycles. The predicted molar refractivity (Wildman–Crippen MR) is 237 cm³/mol. The van der Waals surface area contributed by atoms with Crippen molar-refractivity contribution in [3.8, 4) is 0 Å². The highest BCUT2D eigenvalue weighted by atomic mass is 16.5. The topological polar surface area (TPSA) is 95.9 Å². The molecule has 2 unspecified atom stereocenters. The summed E-state index contributed by atoms with van der Waals surface area (Å²) in [6, 6.07) is -0.577. The second kappa shape index (κ2) is 45.3. The molecule has 0 saturated carbocycles. The van der Waals surface area contributed by atoms with Crippen LogP contribution in [0.2, 0.25) is 0 Å². The van der Waals surface area contributed by atoms with Crippen LogP contribution >= 0.6 is 0 Å². The number of nitrogens with one attached hydrogen (secondary N) is 1. The molecule has 3 N–H and O–H groups in total. The van der Waals surface area contributed by atoms with Crippen LogP contribution in [0, 0.1) is 0 Å². The van der Waals surface area contributed by atoms with Gasteiger partial charge in [0.2, 0.25) is 5.91 Å². The Bertz CT molecular complexity index is 817. The largest absolute Gasteiger partial charge is 0.466 e. The third-order valence-electron chi connectivity index (χ3n) is 11.3. The molecule has 0 radical (unpaired) electrons. The smallest absolute Gasteiger partial charge is 0.305 e. The predicted octanol–water partition coefficient (Wildman–Crippen LogP) is 14.2. The number of hydrogen-bond donors (Lipinski definition) is 3. The second-order valence-corrected chi connectivity index (χ2v) is 16.8.